The van der Waals surface area contributed by atoms with Gasteiger partial charge in [-0.1, -0.05) is 6.04 Å². The Morgan fingerprint density at radius 3 is 2.92 bits per heavy atom. The van der Waals surface area contributed by atoms with Crippen molar-refractivity contribution in [3.63, 3.8) is 0 Å². The second kappa shape index (κ2) is 5.61. The molecule has 0 saturated carbocycles. The average molecular weight is 196 g/mol. The van der Waals surface area contributed by atoms with E-state index in [0.717, 1.165) is 13.0 Å². The van der Waals surface area contributed by atoms with Crippen molar-refractivity contribution in [1.82, 2.24) is 0 Å². The number of halogens is 2. The Labute approximate surface area is 73.1 Å². The Morgan fingerprint density at radius 1 is 1.58 bits per heavy atom. The smallest absolute Gasteiger partial charge is 0.214 e. The molecule has 0 radical (unpaired) electrons. The zero-order chi connectivity index (χ0) is 8.81. The number of hydrogen-bond acceptors (Lipinski definition) is 2. The number of ether oxygens (including phenoxy) is 2. The summed E-state index contributed by atoms with van der Waals surface area (Å²) in [5, 5.41) is 0. The van der Waals surface area contributed by atoms with Gasteiger partial charge in [-0.05, 0) is 6.42 Å². The SMILES string of the molecule is FC(F)[SiH2]CCCOCC1CO1. The van der Waals surface area contributed by atoms with Crippen LogP contribution in [-0.2, 0) is 9.47 Å². The van der Waals surface area contributed by atoms with E-state index < -0.39 is 15.6 Å². The van der Waals surface area contributed by atoms with Crippen molar-refractivity contribution < 1.29 is 18.3 Å². The summed E-state index contributed by atoms with van der Waals surface area (Å²) < 4.78 is 33.5. The first-order valence-electron chi connectivity index (χ1n) is 4.26. The van der Waals surface area contributed by atoms with Crippen molar-refractivity contribution in [3.05, 3.63) is 0 Å². The molecule has 1 saturated heterocycles. The van der Waals surface area contributed by atoms with Gasteiger partial charge in [-0.25, -0.2) is 8.78 Å². The Balaban J connectivity index is 1.70. The zero-order valence-electron chi connectivity index (χ0n) is 6.97. The van der Waals surface area contributed by atoms with E-state index in [2.05, 4.69) is 0 Å². The first kappa shape index (κ1) is 10.1. The van der Waals surface area contributed by atoms with Crippen LogP contribution in [-0.4, -0.2) is 41.5 Å². The minimum atomic E-state index is -2.03. The van der Waals surface area contributed by atoms with Crippen molar-refractivity contribution in [2.75, 3.05) is 19.8 Å². The van der Waals surface area contributed by atoms with Crippen LogP contribution < -0.4 is 0 Å². The van der Waals surface area contributed by atoms with Gasteiger partial charge in [0.2, 0.25) is 6.05 Å². The molecule has 1 aliphatic heterocycles. The highest BCUT2D eigenvalue weighted by molar-refractivity contribution is 6.36. The monoisotopic (exact) mass is 196 g/mol. The van der Waals surface area contributed by atoms with Gasteiger partial charge in [0.15, 0.2) is 0 Å². The summed E-state index contributed by atoms with van der Waals surface area (Å²) in [4.78, 5) is 0. The third kappa shape index (κ3) is 5.62. The Hall–Kier alpha value is -0.00312. The predicted octanol–water partition coefficient (Wildman–Crippen LogP) is 0.602. The van der Waals surface area contributed by atoms with E-state index in [1.807, 2.05) is 0 Å². The highest BCUT2D eigenvalue weighted by Gasteiger charge is 2.21. The predicted molar refractivity (Wildman–Crippen MR) is 44.5 cm³/mol. The topological polar surface area (TPSA) is 21.8 Å². The molecule has 1 unspecified atom stereocenters. The summed E-state index contributed by atoms with van der Waals surface area (Å²) in [6.07, 6.45) is 1.07. The van der Waals surface area contributed by atoms with Crippen LogP contribution in [0.2, 0.25) is 6.04 Å². The summed E-state index contributed by atoms with van der Waals surface area (Å²) in [7, 11) is -1.13. The molecule has 1 heterocycles. The number of alkyl halides is 2. The quantitative estimate of drug-likeness (QED) is 0.338. The van der Waals surface area contributed by atoms with Gasteiger partial charge in [0, 0.05) is 6.61 Å². The number of hydrogen-bond donors (Lipinski definition) is 0. The van der Waals surface area contributed by atoms with Crippen LogP contribution in [0, 0.1) is 0 Å². The minimum absolute atomic E-state index is 0.289. The molecule has 1 fully saturated rings. The molecule has 1 atom stereocenters. The van der Waals surface area contributed by atoms with Crippen LogP contribution >= 0.6 is 0 Å². The van der Waals surface area contributed by atoms with Crippen molar-refractivity contribution >= 4 is 9.52 Å². The van der Waals surface area contributed by atoms with Gasteiger partial charge in [-0.15, -0.1) is 0 Å². The lowest BCUT2D eigenvalue weighted by molar-refractivity contribution is 0.117. The van der Waals surface area contributed by atoms with Crippen molar-refractivity contribution in [2.24, 2.45) is 0 Å². The van der Waals surface area contributed by atoms with Gasteiger partial charge >= 0.3 is 0 Å². The summed E-state index contributed by atoms with van der Waals surface area (Å²) in [6.45, 7) is 2.04. The van der Waals surface area contributed by atoms with Crippen LogP contribution in [0.3, 0.4) is 0 Å². The molecular formula is C7H14F2O2Si. The molecule has 5 heteroatoms. The second-order valence-corrected chi connectivity index (χ2v) is 4.82. The summed E-state index contributed by atoms with van der Waals surface area (Å²) in [6, 6.07) is -1.35. The summed E-state index contributed by atoms with van der Waals surface area (Å²) in [5.74, 6) is 0. The van der Waals surface area contributed by atoms with Gasteiger partial charge in [0.25, 0.3) is 0 Å². The largest absolute Gasteiger partial charge is 0.379 e. The lowest BCUT2D eigenvalue weighted by atomic mass is 10.5. The van der Waals surface area contributed by atoms with Crippen LogP contribution in [0.25, 0.3) is 0 Å². The van der Waals surface area contributed by atoms with Crippen LogP contribution in [0.1, 0.15) is 6.42 Å². The maximum Gasteiger partial charge on any atom is 0.214 e. The van der Waals surface area contributed by atoms with E-state index in [-0.39, 0.29) is 6.10 Å². The maximum absolute atomic E-state index is 11.7. The third-order valence-electron chi connectivity index (χ3n) is 1.67. The minimum Gasteiger partial charge on any atom is -0.379 e. The van der Waals surface area contributed by atoms with Crippen molar-refractivity contribution in [2.45, 2.75) is 24.6 Å². The lowest BCUT2D eigenvalue weighted by Gasteiger charge is -2.00. The standard InChI is InChI=1S/C7H14F2O2Si/c8-7(9)12-3-1-2-10-4-6-5-11-6/h6-7H,1-5,12H2. The number of rotatable bonds is 7. The second-order valence-electron chi connectivity index (χ2n) is 2.92. The fourth-order valence-electron chi connectivity index (χ4n) is 0.882. The highest BCUT2D eigenvalue weighted by Crippen LogP contribution is 2.08. The van der Waals surface area contributed by atoms with Gasteiger partial charge in [0.1, 0.15) is 15.6 Å². The van der Waals surface area contributed by atoms with Crippen LogP contribution in [0.15, 0.2) is 0 Å². The Bertz CT molecular complexity index is 114. The normalized spacial score (nSPS) is 22.8. The molecule has 1 rings (SSSR count). The van der Waals surface area contributed by atoms with Gasteiger partial charge in [0.05, 0.1) is 13.2 Å². The molecule has 12 heavy (non-hydrogen) atoms. The summed E-state index contributed by atoms with van der Waals surface area (Å²) >= 11 is 0. The van der Waals surface area contributed by atoms with E-state index in [4.69, 9.17) is 9.47 Å². The van der Waals surface area contributed by atoms with E-state index in [1.54, 1.807) is 0 Å². The molecule has 0 aromatic carbocycles. The van der Waals surface area contributed by atoms with Gasteiger partial charge < -0.3 is 9.47 Å². The Kier molecular flexibility index (Phi) is 4.71. The molecule has 0 bridgehead atoms. The molecule has 2 nitrogen and oxygen atoms in total. The molecule has 72 valence electrons. The maximum atomic E-state index is 11.7. The van der Waals surface area contributed by atoms with E-state index >= 15 is 0 Å². The summed E-state index contributed by atoms with van der Waals surface area (Å²) in [5.41, 5.74) is 0. The molecule has 0 N–H and O–H groups in total. The fraction of sp³-hybridized carbons (Fsp3) is 1.00. The first-order chi connectivity index (χ1) is 5.79. The zero-order valence-corrected chi connectivity index (χ0v) is 8.38. The van der Waals surface area contributed by atoms with E-state index in [0.29, 0.717) is 19.3 Å². The molecule has 1 aliphatic rings. The van der Waals surface area contributed by atoms with Crippen LogP contribution in [0.4, 0.5) is 8.78 Å². The fourth-order valence-corrected chi connectivity index (χ4v) is 1.68. The van der Waals surface area contributed by atoms with E-state index in [1.165, 1.54) is 0 Å². The highest BCUT2D eigenvalue weighted by atomic mass is 28.2. The van der Waals surface area contributed by atoms with E-state index in [9.17, 15) is 8.78 Å². The van der Waals surface area contributed by atoms with Gasteiger partial charge in [-0.2, -0.15) is 0 Å². The number of epoxide rings is 1. The van der Waals surface area contributed by atoms with Gasteiger partial charge in [-0.3, -0.25) is 0 Å². The third-order valence-corrected chi connectivity index (χ3v) is 3.01. The molecule has 0 aromatic rings. The van der Waals surface area contributed by atoms with Crippen molar-refractivity contribution in [3.8, 4) is 0 Å². The molecule has 0 amide bonds. The molecule has 0 aliphatic carbocycles. The molecular weight excluding hydrogens is 182 g/mol. The lowest BCUT2D eigenvalue weighted by Crippen LogP contribution is -2.07. The molecule has 0 spiro atoms. The van der Waals surface area contributed by atoms with Crippen molar-refractivity contribution in [1.29, 1.82) is 0 Å². The average Bonchev–Trinajstić information content (AvgIpc) is 2.79. The molecule has 0 aromatic heterocycles. The van der Waals surface area contributed by atoms with Crippen LogP contribution in [0.5, 0.6) is 0 Å². The first-order valence-corrected chi connectivity index (χ1v) is 6.08. The Morgan fingerprint density at radius 2 is 2.33 bits per heavy atom.